The Morgan fingerprint density at radius 1 is 1.21 bits per heavy atom. The van der Waals surface area contributed by atoms with Gasteiger partial charge in [-0.3, -0.25) is 4.79 Å². The summed E-state index contributed by atoms with van der Waals surface area (Å²) in [5.74, 6) is -0.106. The SMILES string of the molecule is CS(=O)(=O)N1CCCCC1C(=O)Nc1cccc(OCc2ccc(F)cc2)c1. The summed E-state index contributed by atoms with van der Waals surface area (Å²) in [5, 5.41) is 2.79. The third-order valence-corrected chi connectivity index (χ3v) is 5.89. The van der Waals surface area contributed by atoms with Gasteiger partial charge in [-0.1, -0.05) is 24.6 Å². The minimum Gasteiger partial charge on any atom is -0.489 e. The van der Waals surface area contributed by atoms with Gasteiger partial charge < -0.3 is 10.1 Å². The van der Waals surface area contributed by atoms with Crippen LogP contribution >= 0.6 is 0 Å². The average Bonchev–Trinajstić information content (AvgIpc) is 2.67. The highest BCUT2D eigenvalue weighted by molar-refractivity contribution is 7.88. The average molecular weight is 406 g/mol. The van der Waals surface area contributed by atoms with Gasteiger partial charge in [-0.2, -0.15) is 4.31 Å². The van der Waals surface area contributed by atoms with Crippen LogP contribution in [0.1, 0.15) is 24.8 Å². The number of halogens is 1. The molecule has 1 fully saturated rings. The Labute approximate surface area is 164 Å². The van der Waals surface area contributed by atoms with Crippen LogP contribution in [0.15, 0.2) is 48.5 Å². The first kappa shape index (κ1) is 20.3. The summed E-state index contributed by atoms with van der Waals surface area (Å²) in [4.78, 5) is 12.7. The number of nitrogens with zero attached hydrogens (tertiary/aromatic N) is 1. The lowest BCUT2D eigenvalue weighted by Gasteiger charge is -2.32. The van der Waals surface area contributed by atoms with Crippen LogP contribution in [0.5, 0.6) is 5.75 Å². The van der Waals surface area contributed by atoms with E-state index in [1.54, 1.807) is 36.4 Å². The van der Waals surface area contributed by atoms with E-state index in [0.717, 1.165) is 24.7 Å². The summed E-state index contributed by atoms with van der Waals surface area (Å²) >= 11 is 0. The molecule has 3 rings (SSSR count). The summed E-state index contributed by atoms with van der Waals surface area (Å²) in [5.41, 5.74) is 1.35. The highest BCUT2D eigenvalue weighted by Crippen LogP contribution is 2.23. The first-order valence-corrected chi connectivity index (χ1v) is 10.9. The lowest BCUT2D eigenvalue weighted by molar-refractivity contribution is -0.120. The summed E-state index contributed by atoms with van der Waals surface area (Å²) < 4.78 is 43.8. The zero-order chi connectivity index (χ0) is 20.1. The number of sulfonamides is 1. The molecule has 0 bridgehead atoms. The standard InChI is InChI=1S/C20H23FN2O4S/c1-28(25,26)23-12-3-2-7-19(23)20(24)22-17-5-4-6-18(13-17)27-14-15-8-10-16(21)11-9-15/h4-6,8-11,13,19H,2-3,7,12,14H2,1H3,(H,22,24). The van der Waals surface area contributed by atoms with Gasteiger partial charge in [-0.05, 0) is 42.7 Å². The number of carbonyl (C=O) groups is 1. The normalized spacial score (nSPS) is 17.9. The highest BCUT2D eigenvalue weighted by atomic mass is 32.2. The van der Waals surface area contributed by atoms with E-state index >= 15 is 0 Å². The molecule has 1 N–H and O–H groups in total. The molecule has 1 heterocycles. The van der Waals surface area contributed by atoms with Crippen molar-refractivity contribution in [1.82, 2.24) is 4.31 Å². The molecule has 0 aromatic heterocycles. The Balaban J connectivity index is 1.64. The van der Waals surface area contributed by atoms with Crippen molar-refractivity contribution in [2.24, 2.45) is 0 Å². The summed E-state index contributed by atoms with van der Waals surface area (Å²) in [6, 6.07) is 12.2. The van der Waals surface area contributed by atoms with Crippen molar-refractivity contribution in [2.75, 3.05) is 18.1 Å². The van der Waals surface area contributed by atoms with E-state index in [1.165, 1.54) is 16.4 Å². The van der Waals surface area contributed by atoms with Crippen LogP contribution in [-0.4, -0.2) is 37.5 Å². The molecule has 1 aliphatic heterocycles. The van der Waals surface area contributed by atoms with E-state index in [4.69, 9.17) is 4.74 Å². The molecular formula is C20H23FN2O4S. The Morgan fingerprint density at radius 3 is 2.68 bits per heavy atom. The molecule has 8 heteroatoms. The lowest BCUT2D eigenvalue weighted by atomic mass is 10.0. The largest absolute Gasteiger partial charge is 0.489 e. The number of hydrogen-bond acceptors (Lipinski definition) is 4. The predicted molar refractivity (Wildman–Crippen MR) is 105 cm³/mol. The summed E-state index contributed by atoms with van der Waals surface area (Å²) in [7, 11) is -3.44. The maximum Gasteiger partial charge on any atom is 0.242 e. The van der Waals surface area contributed by atoms with Crippen molar-refractivity contribution >= 4 is 21.6 Å². The van der Waals surface area contributed by atoms with Gasteiger partial charge in [0.05, 0.1) is 6.26 Å². The summed E-state index contributed by atoms with van der Waals surface area (Å²) in [6.45, 7) is 0.625. The topological polar surface area (TPSA) is 75.7 Å². The monoisotopic (exact) mass is 406 g/mol. The number of rotatable bonds is 6. The zero-order valence-corrected chi connectivity index (χ0v) is 16.4. The van der Waals surface area contributed by atoms with E-state index in [9.17, 15) is 17.6 Å². The van der Waals surface area contributed by atoms with Gasteiger partial charge in [0.1, 0.15) is 24.2 Å². The van der Waals surface area contributed by atoms with Gasteiger partial charge in [0.25, 0.3) is 0 Å². The van der Waals surface area contributed by atoms with Crippen molar-refractivity contribution < 1.29 is 22.3 Å². The molecule has 1 atom stereocenters. The second kappa shape index (κ2) is 8.70. The van der Waals surface area contributed by atoms with Crippen LogP contribution in [0.25, 0.3) is 0 Å². The van der Waals surface area contributed by atoms with Gasteiger partial charge in [-0.15, -0.1) is 0 Å². The number of benzene rings is 2. The molecule has 1 aliphatic rings. The molecule has 2 aromatic carbocycles. The molecule has 0 radical (unpaired) electrons. The Bertz CT molecular complexity index is 931. The van der Waals surface area contributed by atoms with Crippen LogP contribution in [-0.2, 0) is 21.4 Å². The minimum absolute atomic E-state index is 0.266. The van der Waals surface area contributed by atoms with Crippen molar-refractivity contribution in [3.8, 4) is 5.75 Å². The molecule has 6 nitrogen and oxygen atoms in total. The quantitative estimate of drug-likeness (QED) is 0.800. The van der Waals surface area contributed by atoms with Gasteiger partial charge in [0, 0.05) is 18.3 Å². The van der Waals surface area contributed by atoms with E-state index in [2.05, 4.69) is 5.32 Å². The number of anilines is 1. The molecule has 150 valence electrons. The van der Waals surface area contributed by atoms with Gasteiger partial charge in [-0.25, -0.2) is 12.8 Å². The number of ether oxygens (including phenoxy) is 1. The van der Waals surface area contributed by atoms with Crippen LogP contribution in [0, 0.1) is 5.82 Å². The maximum absolute atomic E-state index is 13.0. The number of nitrogens with one attached hydrogen (secondary N) is 1. The lowest BCUT2D eigenvalue weighted by Crippen LogP contribution is -2.49. The fourth-order valence-corrected chi connectivity index (χ4v) is 4.32. The Kier molecular flexibility index (Phi) is 6.31. The van der Waals surface area contributed by atoms with Crippen molar-refractivity contribution in [3.05, 3.63) is 59.9 Å². The fraction of sp³-hybridized carbons (Fsp3) is 0.350. The van der Waals surface area contributed by atoms with Gasteiger partial charge in [0.15, 0.2) is 0 Å². The van der Waals surface area contributed by atoms with Crippen molar-refractivity contribution in [3.63, 3.8) is 0 Å². The third-order valence-electron chi connectivity index (χ3n) is 4.60. The van der Waals surface area contributed by atoms with Gasteiger partial charge in [0.2, 0.25) is 15.9 Å². The molecule has 1 unspecified atom stereocenters. The van der Waals surface area contributed by atoms with Gasteiger partial charge >= 0.3 is 0 Å². The highest BCUT2D eigenvalue weighted by Gasteiger charge is 2.34. The number of piperidine rings is 1. The smallest absolute Gasteiger partial charge is 0.242 e. The first-order chi connectivity index (χ1) is 13.3. The van der Waals surface area contributed by atoms with Crippen molar-refractivity contribution in [2.45, 2.75) is 31.9 Å². The second-order valence-corrected chi connectivity index (χ2v) is 8.75. The van der Waals surface area contributed by atoms with E-state index < -0.39 is 16.1 Å². The second-order valence-electron chi connectivity index (χ2n) is 6.82. The predicted octanol–water partition coefficient (Wildman–Crippen LogP) is 3.16. The maximum atomic E-state index is 13.0. The third kappa shape index (κ3) is 5.30. The Hall–Kier alpha value is -2.45. The molecule has 0 aliphatic carbocycles. The van der Waals surface area contributed by atoms with Crippen LogP contribution < -0.4 is 10.1 Å². The molecule has 1 saturated heterocycles. The molecule has 0 spiro atoms. The molecule has 28 heavy (non-hydrogen) atoms. The van der Waals surface area contributed by atoms with Crippen molar-refractivity contribution in [1.29, 1.82) is 0 Å². The zero-order valence-electron chi connectivity index (χ0n) is 15.6. The van der Waals surface area contributed by atoms with Crippen LogP contribution in [0.2, 0.25) is 0 Å². The minimum atomic E-state index is -3.44. The molecule has 0 saturated carbocycles. The molecule has 1 amide bonds. The summed E-state index contributed by atoms with van der Waals surface area (Å²) in [6.07, 6.45) is 3.19. The first-order valence-electron chi connectivity index (χ1n) is 9.08. The molecular weight excluding hydrogens is 383 g/mol. The van der Waals surface area contributed by atoms with E-state index in [-0.39, 0.29) is 18.3 Å². The fourth-order valence-electron chi connectivity index (χ4n) is 3.20. The number of amides is 1. The number of carbonyl (C=O) groups excluding carboxylic acids is 1. The van der Waals surface area contributed by atoms with E-state index in [1.807, 2.05) is 0 Å². The van der Waals surface area contributed by atoms with Crippen LogP contribution in [0.4, 0.5) is 10.1 Å². The Morgan fingerprint density at radius 2 is 1.96 bits per heavy atom. The van der Waals surface area contributed by atoms with E-state index in [0.29, 0.717) is 24.4 Å². The number of hydrogen-bond donors (Lipinski definition) is 1. The molecule has 2 aromatic rings. The van der Waals surface area contributed by atoms with Crippen LogP contribution in [0.3, 0.4) is 0 Å².